The van der Waals surface area contributed by atoms with Crippen LogP contribution in [0, 0.1) is 0 Å². The third-order valence-corrected chi connectivity index (χ3v) is 6.03. The van der Waals surface area contributed by atoms with Crippen LogP contribution in [-0.4, -0.2) is 31.1 Å². The fourth-order valence-corrected chi connectivity index (χ4v) is 4.06. The molecular weight excluding hydrogens is 453 g/mol. The third kappa shape index (κ3) is 7.92. The first-order valence-electron chi connectivity index (χ1n) is 12.1. The second kappa shape index (κ2) is 12.0. The Hall–Kier alpha value is -3.19. The lowest BCUT2D eigenvalue weighted by Crippen LogP contribution is -2.31. The van der Waals surface area contributed by atoms with Crippen LogP contribution in [-0.2, 0) is 12.7 Å². The molecule has 0 atom stereocenters. The van der Waals surface area contributed by atoms with Gasteiger partial charge >= 0.3 is 6.18 Å². The molecule has 7 heteroatoms. The SMILES string of the molecule is FC(F)(F)c1ccc(Oc2ccc(NCc3ccc(OCCCN4CCCCC4)cc3)cc2)cc1. The van der Waals surface area contributed by atoms with E-state index >= 15 is 0 Å². The Labute approximate surface area is 204 Å². The van der Waals surface area contributed by atoms with Gasteiger partial charge in [-0.25, -0.2) is 0 Å². The van der Waals surface area contributed by atoms with Crippen molar-refractivity contribution in [2.24, 2.45) is 0 Å². The molecule has 0 unspecified atom stereocenters. The van der Waals surface area contributed by atoms with Crippen LogP contribution in [0.3, 0.4) is 0 Å². The maximum atomic E-state index is 12.7. The summed E-state index contributed by atoms with van der Waals surface area (Å²) < 4.78 is 49.5. The monoisotopic (exact) mass is 484 g/mol. The van der Waals surface area contributed by atoms with Crippen LogP contribution >= 0.6 is 0 Å². The highest BCUT2D eigenvalue weighted by Crippen LogP contribution is 2.31. The van der Waals surface area contributed by atoms with Crippen LogP contribution in [0.25, 0.3) is 0 Å². The first-order valence-corrected chi connectivity index (χ1v) is 12.1. The molecule has 1 heterocycles. The lowest BCUT2D eigenvalue weighted by molar-refractivity contribution is -0.137. The second-order valence-corrected chi connectivity index (χ2v) is 8.75. The molecule has 1 aliphatic heterocycles. The number of alkyl halides is 3. The highest BCUT2D eigenvalue weighted by Gasteiger charge is 2.30. The largest absolute Gasteiger partial charge is 0.494 e. The Balaban J connectivity index is 1.18. The van der Waals surface area contributed by atoms with E-state index in [1.807, 2.05) is 24.3 Å². The summed E-state index contributed by atoms with van der Waals surface area (Å²) in [6.45, 7) is 4.94. The van der Waals surface area contributed by atoms with Crippen LogP contribution in [0.2, 0.25) is 0 Å². The molecule has 35 heavy (non-hydrogen) atoms. The molecule has 0 saturated carbocycles. The molecule has 4 rings (SSSR count). The molecule has 0 aromatic heterocycles. The summed E-state index contributed by atoms with van der Waals surface area (Å²) >= 11 is 0. The summed E-state index contributed by atoms with van der Waals surface area (Å²) in [7, 11) is 0. The van der Waals surface area contributed by atoms with Crippen molar-refractivity contribution < 1.29 is 22.6 Å². The standard InChI is InChI=1S/C28H31F3N2O2/c29-28(30,31)23-7-13-26(14-8-23)35-27-15-9-24(10-16-27)32-21-22-5-11-25(12-6-22)34-20-4-19-33-17-2-1-3-18-33/h5-16,32H,1-4,17-21H2. The van der Waals surface area contributed by atoms with Gasteiger partial charge < -0.3 is 19.7 Å². The molecule has 1 saturated heterocycles. The second-order valence-electron chi connectivity index (χ2n) is 8.75. The highest BCUT2D eigenvalue weighted by molar-refractivity contribution is 5.48. The average molecular weight is 485 g/mol. The zero-order valence-electron chi connectivity index (χ0n) is 19.7. The van der Waals surface area contributed by atoms with Gasteiger partial charge in [-0.1, -0.05) is 18.6 Å². The maximum Gasteiger partial charge on any atom is 0.416 e. The molecule has 0 aliphatic carbocycles. The molecule has 0 spiro atoms. The van der Waals surface area contributed by atoms with Gasteiger partial charge in [0, 0.05) is 18.8 Å². The Bertz CT molecular complexity index is 1030. The van der Waals surface area contributed by atoms with Crippen molar-refractivity contribution in [1.82, 2.24) is 4.90 Å². The van der Waals surface area contributed by atoms with Gasteiger partial charge in [0.2, 0.25) is 0 Å². The summed E-state index contributed by atoms with van der Waals surface area (Å²) in [5, 5.41) is 3.36. The van der Waals surface area contributed by atoms with Crippen LogP contribution in [0.15, 0.2) is 72.8 Å². The number of ether oxygens (including phenoxy) is 2. The lowest BCUT2D eigenvalue weighted by atomic mass is 10.1. The van der Waals surface area contributed by atoms with Gasteiger partial charge in [-0.05, 0) is 98.6 Å². The van der Waals surface area contributed by atoms with Crippen LogP contribution in [0.5, 0.6) is 17.2 Å². The number of hydrogen-bond acceptors (Lipinski definition) is 4. The number of nitrogens with zero attached hydrogens (tertiary/aromatic N) is 1. The Kier molecular flexibility index (Phi) is 8.53. The third-order valence-electron chi connectivity index (χ3n) is 6.03. The highest BCUT2D eigenvalue weighted by atomic mass is 19.4. The molecule has 0 amide bonds. The number of nitrogens with one attached hydrogen (secondary N) is 1. The number of piperidine rings is 1. The molecule has 186 valence electrons. The van der Waals surface area contributed by atoms with Gasteiger partial charge in [0.15, 0.2) is 0 Å². The normalized spacial score (nSPS) is 14.5. The van der Waals surface area contributed by atoms with Gasteiger partial charge in [0.25, 0.3) is 0 Å². The number of anilines is 1. The van der Waals surface area contributed by atoms with Gasteiger partial charge in [0.1, 0.15) is 17.2 Å². The molecule has 1 fully saturated rings. The summed E-state index contributed by atoms with van der Waals surface area (Å²) in [6, 6.07) is 20.1. The van der Waals surface area contributed by atoms with Crippen molar-refractivity contribution in [2.75, 3.05) is 31.6 Å². The van der Waals surface area contributed by atoms with E-state index in [0.717, 1.165) is 48.7 Å². The Morgan fingerprint density at radius 1 is 0.743 bits per heavy atom. The molecule has 3 aromatic rings. The number of rotatable bonds is 10. The molecular formula is C28H31F3N2O2. The van der Waals surface area contributed by atoms with E-state index < -0.39 is 11.7 Å². The first kappa shape index (κ1) is 24.9. The fourth-order valence-electron chi connectivity index (χ4n) is 4.06. The summed E-state index contributed by atoms with van der Waals surface area (Å²) in [4.78, 5) is 2.52. The van der Waals surface area contributed by atoms with Gasteiger partial charge in [-0.15, -0.1) is 0 Å². The van der Waals surface area contributed by atoms with Gasteiger partial charge in [-0.3, -0.25) is 0 Å². The minimum absolute atomic E-state index is 0.354. The van der Waals surface area contributed by atoms with Gasteiger partial charge in [-0.2, -0.15) is 13.2 Å². The maximum absolute atomic E-state index is 12.7. The minimum atomic E-state index is -4.36. The van der Waals surface area contributed by atoms with E-state index in [2.05, 4.69) is 22.3 Å². The number of likely N-dealkylation sites (tertiary alicyclic amines) is 1. The van der Waals surface area contributed by atoms with Crippen molar-refractivity contribution in [2.45, 2.75) is 38.4 Å². The molecule has 0 radical (unpaired) electrons. The fraction of sp³-hybridized carbons (Fsp3) is 0.357. The van der Waals surface area contributed by atoms with E-state index in [4.69, 9.17) is 9.47 Å². The van der Waals surface area contributed by atoms with Gasteiger partial charge in [0.05, 0.1) is 12.2 Å². The van der Waals surface area contributed by atoms with Crippen LogP contribution in [0.4, 0.5) is 18.9 Å². The number of hydrogen-bond donors (Lipinski definition) is 1. The summed E-state index contributed by atoms with van der Waals surface area (Å²) in [5.74, 6) is 1.79. The van der Waals surface area contributed by atoms with Crippen molar-refractivity contribution in [3.63, 3.8) is 0 Å². The van der Waals surface area contributed by atoms with E-state index in [0.29, 0.717) is 18.0 Å². The van der Waals surface area contributed by atoms with Crippen molar-refractivity contribution >= 4 is 5.69 Å². The molecule has 1 N–H and O–H groups in total. The molecule has 1 aliphatic rings. The van der Waals surface area contributed by atoms with E-state index in [-0.39, 0.29) is 0 Å². The van der Waals surface area contributed by atoms with Crippen molar-refractivity contribution in [3.8, 4) is 17.2 Å². The van der Waals surface area contributed by atoms with E-state index in [1.54, 1.807) is 12.1 Å². The lowest BCUT2D eigenvalue weighted by Gasteiger charge is -2.26. The van der Waals surface area contributed by atoms with E-state index in [9.17, 15) is 13.2 Å². The Morgan fingerprint density at radius 2 is 1.34 bits per heavy atom. The number of halogens is 3. The summed E-state index contributed by atoms with van der Waals surface area (Å²) in [5.41, 5.74) is 1.36. The van der Waals surface area contributed by atoms with E-state index in [1.165, 1.54) is 44.5 Å². The smallest absolute Gasteiger partial charge is 0.416 e. The minimum Gasteiger partial charge on any atom is -0.494 e. The van der Waals surface area contributed by atoms with Crippen LogP contribution < -0.4 is 14.8 Å². The first-order chi connectivity index (χ1) is 17.0. The topological polar surface area (TPSA) is 33.7 Å². The quantitative estimate of drug-likeness (QED) is 0.305. The van der Waals surface area contributed by atoms with Crippen LogP contribution in [0.1, 0.15) is 36.8 Å². The molecule has 0 bridgehead atoms. The Morgan fingerprint density at radius 3 is 1.97 bits per heavy atom. The number of benzene rings is 3. The van der Waals surface area contributed by atoms with Crippen molar-refractivity contribution in [3.05, 3.63) is 83.9 Å². The molecule has 3 aromatic carbocycles. The van der Waals surface area contributed by atoms with Crippen molar-refractivity contribution in [1.29, 1.82) is 0 Å². The predicted molar refractivity (Wildman–Crippen MR) is 132 cm³/mol. The summed E-state index contributed by atoms with van der Waals surface area (Å²) in [6.07, 6.45) is 0.682. The zero-order chi connectivity index (χ0) is 24.5. The molecule has 4 nitrogen and oxygen atoms in total. The zero-order valence-corrected chi connectivity index (χ0v) is 19.7. The average Bonchev–Trinajstić information content (AvgIpc) is 2.87. The predicted octanol–water partition coefficient (Wildman–Crippen LogP) is 7.36.